The van der Waals surface area contributed by atoms with Gasteiger partial charge in [0.2, 0.25) is 15.9 Å². The van der Waals surface area contributed by atoms with E-state index in [0.717, 1.165) is 11.8 Å². The molecule has 1 amide bonds. The molecule has 0 atom stereocenters. The van der Waals surface area contributed by atoms with Crippen molar-refractivity contribution in [2.45, 2.75) is 6.92 Å². The van der Waals surface area contributed by atoms with E-state index in [2.05, 4.69) is 4.72 Å². The zero-order valence-electron chi connectivity index (χ0n) is 9.02. The van der Waals surface area contributed by atoms with Crippen molar-refractivity contribution in [3.8, 4) is 0 Å². The Kier molecular flexibility index (Phi) is 3.54. The Morgan fingerprint density at radius 2 is 2.06 bits per heavy atom. The molecule has 0 saturated carbocycles. The third kappa shape index (κ3) is 3.90. The van der Waals surface area contributed by atoms with Crippen molar-refractivity contribution in [2.75, 3.05) is 11.0 Å². The molecule has 0 bridgehead atoms. The number of carbonyl (C=O) groups excluding carboxylic acids is 1. The van der Waals surface area contributed by atoms with E-state index in [4.69, 9.17) is 5.73 Å². The normalized spacial score (nSPS) is 11.1. The number of rotatable bonds is 4. The Hall–Kier alpha value is -1.56. The van der Waals surface area contributed by atoms with Gasteiger partial charge in [0.1, 0.15) is 0 Å². The highest BCUT2D eigenvalue weighted by atomic mass is 32.2. The fourth-order valence-corrected chi connectivity index (χ4v) is 1.88. The molecule has 1 aromatic carbocycles. The number of amides is 1. The van der Waals surface area contributed by atoms with Crippen molar-refractivity contribution in [3.63, 3.8) is 0 Å². The van der Waals surface area contributed by atoms with Crippen LogP contribution in [0.2, 0.25) is 0 Å². The van der Waals surface area contributed by atoms with Gasteiger partial charge in [0.25, 0.3) is 0 Å². The van der Waals surface area contributed by atoms with Gasteiger partial charge in [0.05, 0.1) is 18.4 Å². The van der Waals surface area contributed by atoms with Crippen LogP contribution in [0.5, 0.6) is 0 Å². The van der Waals surface area contributed by atoms with Crippen molar-refractivity contribution >= 4 is 21.6 Å². The summed E-state index contributed by atoms with van der Waals surface area (Å²) in [5, 5.41) is 0. The zero-order chi connectivity index (χ0) is 12.3. The number of nitrogens with one attached hydrogen (secondary N) is 1. The van der Waals surface area contributed by atoms with Gasteiger partial charge < -0.3 is 5.73 Å². The first-order chi connectivity index (χ1) is 7.28. The molecule has 0 aliphatic carbocycles. The maximum absolute atomic E-state index is 11.0. The van der Waals surface area contributed by atoms with Crippen molar-refractivity contribution in [1.29, 1.82) is 0 Å². The van der Waals surface area contributed by atoms with Gasteiger partial charge in [0.15, 0.2) is 0 Å². The van der Waals surface area contributed by atoms with Gasteiger partial charge in [-0.2, -0.15) is 0 Å². The number of primary amides is 1. The van der Waals surface area contributed by atoms with Crippen LogP contribution < -0.4 is 10.5 Å². The smallest absolute Gasteiger partial charge is 0.229 e. The first-order valence-electron chi connectivity index (χ1n) is 4.50. The Labute approximate surface area is 94.7 Å². The highest BCUT2D eigenvalue weighted by Gasteiger charge is 2.06. The molecule has 16 heavy (non-hydrogen) atoms. The molecule has 1 radical (unpaired) electrons. The molecule has 1 rings (SSSR count). The second-order valence-electron chi connectivity index (χ2n) is 3.50. The van der Waals surface area contributed by atoms with E-state index in [1.807, 2.05) is 0 Å². The SMILES string of the molecule is Cc1cc([CH]C(N)=O)ccc1NS(C)(=O)=O. The van der Waals surface area contributed by atoms with Crippen LogP contribution in [0.15, 0.2) is 18.2 Å². The van der Waals surface area contributed by atoms with E-state index in [9.17, 15) is 13.2 Å². The average Bonchev–Trinajstić information content (AvgIpc) is 2.06. The molecule has 5 nitrogen and oxygen atoms in total. The van der Waals surface area contributed by atoms with Crippen molar-refractivity contribution in [2.24, 2.45) is 5.73 Å². The van der Waals surface area contributed by atoms with Crippen LogP contribution in [0.25, 0.3) is 0 Å². The maximum atomic E-state index is 11.0. The summed E-state index contributed by atoms with van der Waals surface area (Å²) in [6, 6.07) is 4.88. The predicted molar refractivity (Wildman–Crippen MR) is 62.2 cm³/mol. The second kappa shape index (κ2) is 4.52. The molecule has 1 aromatic rings. The number of hydrogen-bond donors (Lipinski definition) is 2. The van der Waals surface area contributed by atoms with Crippen molar-refractivity contribution in [3.05, 3.63) is 35.7 Å². The summed E-state index contributed by atoms with van der Waals surface area (Å²) >= 11 is 0. The number of aryl methyl sites for hydroxylation is 1. The first kappa shape index (κ1) is 12.5. The summed E-state index contributed by atoms with van der Waals surface area (Å²) in [6.07, 6.45) is 2.35. The molecule has 0 aliphatic rings. The highest BCUT2D eigenvalue weighted by Crippen LogP contribution is 2.18. The maximum Gasteiger partial charge on any atom is 0.229 e. The third-order valence-corrected chi connectivity index (χ3v) is 2.45. The van der Waals surface area contributed by atoms with Crippen LogP contribution in [0.4, 0.5) is 5.69 Å². The standard InChI is InChI=1S/C10H13N2O3S/c1-7-5-8(6-10(11)13)3-4-9(7)12-16(2,14)15/h3-6,12H,1-2H3,(H2,11,13). The molecule has 0 saturated heterocycles. The third-order valence-electron chi connectivity index (χ3n) is 1.85. The summed E-state index contributed by atoms with van der Waals surface area (Å²) < 4.78 is 24.4. The fourth-order valence-electron chi connectivity index (χ4n) is 1.26. The summed E-state index contributed by atoms with van der Waals surface area (Å²) in [6.45, 7) is 1.74. The molecule has 0 spiro atoms. The minimum absolute atomic E-state index is 0.490. The lowest BCUT2D eigenvalue weighted by Crippen LogP contribution is -2.13. The molecule has 0 aliphatic heterocycles. The van der Waals surface area contributed by atoms with Crippen molar-refractivity contribution < 1.29 is 13.2 Å². The zero-order valence-corrected chi connectivity index (χ0v) is 9.84. The quantitative estimate of drug-likeness (QED) is 0.799. The number of anilines is 1. The predicted octanol–water partition coefficient (Wildman–Crippen LogP) is 0.404. The van der Waals surface area contributed by atoms with E-state index < -0.39 is 15.9 Å². The molecular weight excluding hydrogens is 228 g/mol. The van der Waals surface area contributed by atoms with Crippen LogP contribution >= 0.6 is 0 Å². The number of nitrogens with two attached hydrogens (primary N) is 1. The molecular formula is C10H13N2O3S. The Balaban J connectivity index is 2.96. The number of carbonyl (C=O) groups is 1. The number of sulfonamides is 1. The van der Waals surface area contributed by atoms with Gasteiger partial charge >= 0.3 is 0 Å². The highest BCUT2D eigenvalue weighted by molar-refractivity contribution is 7.92. The van der Waals surface area contributed by atoms with Crippen LogP contribution in [0.3, 0.4) is 0 Å². The van der Waals surface area contributed by atoms with Crippen LogP contribution in [-0.2, 0) is 14.8 Å². The fraction of sp³-hybridized carbons (Fsp3) is 0.200. The number of hydrogen-bond acceptors (Lipinski definition) is 3. The largest absolute Gasteiger partial charge is 0.369 e. The molecule has 0 fully saturated rings. The van der Waals surface area contributed by atoms with Gasteiger partial charge in [0, 0.05) is 0 Å². The van der Waals surface area contributed by atoms with Crippen molar-refractivity contribution in [1.82, 2.24) is 0 Å². The van der Waals surface area contributed by atoms with Crippen LogP contribution in [0, 0.1) is 13.3 Å². The molecule has 3 N–H and O–H groups in total. The minimum atomic E-state index is -3.29. The van der Waals surface area contributed by atoms with E-state index in [-0.39, 0.29) is 0 Å². The second-order valence-corrected chi connectivity index (χ2v) is 5.24. The van der Waals surface area contributed by atoms with E-state index in [1.54, 1.807) is 25.1 Å². The van der Waals surface area contributed by atoms with Gasteiger partial charge in [-0.1, -0.05) is 12.1 Å². The number of benzene rings is 1. The van der Waals surface area contributed by atoms with Gasteiger partial charge in [-0.3, -0.25) is 9.52 Å². The summed E-state index contributed by atoms with van der Waals surface area (Å²) in [5.74, 6) is -0.539. The first-order valence-corrected chi connectivity index (χ1v) is 6.40. The lowest BCUT2D eigenvalue weighted by Gasteiger charge is -2.08. The summed E-state index contributed by atoms with van der Waals surface area (Å²) in [7, 11) is -3.29. The van der Waals surface area contributed by atoms with Crippen LogP contribution in [-0.4, -0.2) is 20.6 Å². The minimum Gasteiger partial charge on any atom is -0.369 e. The Morgan fingerprint density at radius 3 is 2.50 bits per heavy atom. The lowest BCUT2D eigenvalue weighted by atomic mass is 10.1. The molecule has 0 aromatic heterocycles. The summed E-state index contributed by atoms with van der Waals surface area (Å²) in [5.41, 5.74) is 6.86. The molecule has 0 heterocycles. The molecule has 87 valence electrons. The molecule has 6 heteroatoms. The monoisotopic (exact) mass is 241 g/mol. The lowest BCUT2D eigenvalue weighted by molar-refractivity contribution is -0.114. The molecule has 0 unspecified atom stereocenters. The Bertz CT molecular complexity index is 509. The Morgan fingerprint density at radius 1 is 1.44 bits per heavy atom. The average molecular weight is 241 g/mol. The van der Waals surface area contributed by atoms with E-state index in [1.165, 1.54) is 6.42 Å². The summed E-state index contributed by atoms with van der Waals surface area (Å²) in [4.78, 5) is 10.6. The van der Waals surface area contributed by atoms with Gasteiger partial charge in [-0.05, 0) is 24.1 Å². The topological polar surface area (TPSA) is 89.3 Å². The van der Waals surface area contributed by atoms with E-state index in [0.29, 0.717) is 11.3 Å². The van der Waals surface area contributed by atoms with Crippen LogP contribution in [0.1, 0.15) is 11.1 Å². The van der Waals surface area contributed by atoms with E-state index >= 15 is 0 Å². The van der Waals surface area contributed by atoms with Gasteiger partial charge in [-0.25, -0.2) is 8.42 Å². The van der Waals surface area contributed by atoms with Gasteiger partial charge in [-0.15, -0.1) is 0 Å².